The van der Waals surface area contributed by atoms with E-state index in [0.717, 1.165) is 6.42 Å². The molecule has 0 amide bonds. The van der Waals surface area contributed by atoms with E-state index >= 15 is 0 Å². The van der Waals surface area contributed by atoms with Crippen LogP contribution in [-0.4, -0.2) is 38.7 Å². The predicted octanol–water partition coefficient (Wildman–Crippen LogP) is 3.08. The van der Waals surface area contributed by atoms with Crippen molar-refractivity contribution in [2.24, 2.45) is 4.99 Å². The van der Waals surface area contributed by atoms with Gasteiger partial charge in [0.1, 0.15) is 17.3 Å². The van der Waals surface area contributed by atoms with E-state index < -0.39 is 11.6 Å². The third-order valence-electron chi connectivity index (χ3n) is 3.45. The molecule has 1 heterocycles. The first-order valence-electron chi connectivity index (χ1n) is 7.00. The first-order chi connectivity index (χ1) is 10.5. The molecule has 23 heavy (non-hydrogen) atoms. The van der Waals surface area contributed by atoms with Crippen LogP contribution in [0.15, 0.2) is 34.8 Å². The van der Waals surface area contributed by atoms with Gasteiger partial charge in [-0.3, -0.25) is 4.99 Å². The second-order valence-corrected chi connectivity index (χ2v) is 5.62. The summed E-state index contributed by atoms with van der Waals surface area (Å²) in [6, 6.07) is 3.95. The summed E-state index contributed by atoms with van der Waals surface area (Å²) in [7, 11) is 1.65. The molecule has 0 aromatic heterocycles. The molecule has 0 radical (unpaired) electrons. The molecule has 1 saturated heterocycles. The average Bonchev–Trinajstić information content (AvgIpc) is 2.91. The first kappa shape index (κ1) is 20.0. The Morgan fingerprint density at radius 1 is 1.43 bits per heavy atom. The molecule has 8 heteroatoms. The van der Waals surface area contributed by atoms with E-state index in [2.05, 4.69) is 22.2 Å². The molecule has 1 aromatic carbocycles. The second-order valence-electron chi connectivity index (χ2n) is 5.09. The molecule has 0 aliphatic carbocycles. The summed E-state index contributed by atoms with van der Waals surface area (Å²) in [4.78, 5) is 5.79. The van der Waals surface area contributed by atoms with Crippen molar-refractivity contribution in [1.29, 1.82) is 0 Å². The molecule has 1 aliphatic rings. The lowest BCUT2D eigenvalue weighted by molar-refractivity contribution is 0.576. The van der Waals surface area contributed by atoms with Gasteiger partial charge in [0.25, 0.3) is 0 Å². The minimum Gasteiger partial charge on any atom is -0.365 e. The highest BCUT2D eigenvalue weighted by molar-refractivity contribution is 14.0. The van der Waals surface area contributed by atoms with Crippen LogP contribution in [0.5, 0.6) is 0 Å². The van der Waals surface area contributed by atoms with E-state index in [0.29, 0.717) is 30.6 Å². The Labute approximate surface area is 157 Å². The van der Waals surface area contributed by atoms with Gasteiger partial charge in [0, 0.05) is 31.2 Å². The van der Waals surface area contributed by atoms with Gasteiger partial charge in [0.05, 0.1) is 6.54 Å². The first-order valence-corrected chi connectivity index (χ1v) is 7.38. The quantitative estimate of drug-likeness (QED) is 0.416. The van der Waals surface area contributed by atoms with Crippen LogP contribution >= 0.6 is 35.6 Å². The topological polar surface area (TPSA) is 39.7 Å². The number of halogens is 4. The van der Waals surface area contributed by atoms with Crippen LogP contribution in [0, 0.1) is 11.6 Å². The maximum Gasteiger partial charge on any atom is 0.191 e. The summed E-state index contributed by atoms with van der Waals surface area (Å²) < 4.78 is 27.6. The molecular formula is C15H20ClF2IN4. The van der Waals surface area contributed by atoms with Crippen molar-refractivity contribution in [3.05, 3.63) is 41.4 Å². The van der Waals surface area contributed by atoms with Crippen molar-refractivity contribution in [3.63, 3.8) is 0 Å². The normalized spacial score (nSPS) is 17.7. The van der Waals surface area contributed by atoms with Crippen LogP contribution in [-0.2, 0) is 0 Å². The summed E-state index contributed by atoms with van der Waals surface area (Å²) in [5.74, 6) is -0.495. The Hall–Kier alpha value is -1.09. The summed E-state index contributed by atoms with van der Waals surface area (Å²) in [5.41, 5.74) is 0.0314. The zero-order valence-electron chi connectivity index (χ0n) is 12.8. The summed E-state index contributed by atoms with van der Waals surface area (Å²) in [6.07, 6.45) is 0.760. The zero-order valence-corrected chi connectivity index (χ0v) is 15.9. The number of benzene rings is 1. The molecular weight excluding hydrogens is 437 g/mol. The molecule has 0 saturated carbocycles. The average molecular weight is 457 g/mol. The van der Waals surface area contributed by atoms with E-state index in [-0.39, 0.29) is 35.7 Å². The fourth-order valence-electron chi connectivity index (χ4n) is 2.44. The van der Waals surface area contributed by atoms with Crippen LogP contribution in [0.1, 0.15) is 6.42 Å². The fourth-order valence-corrected chi connectivity index (χ4v) is 2.51. The summed E-state index contributed by atoms with van der Waals surface area (Å²) in [5, 5.41) is 6.70. The van der Waals surface area contributed by atoms with Crippen LogP contribution < -0.4 is 15.5 Å². The maximum atomic E-state index is 13.8. The largest absolute Gasteiger partial charge is 0.365 e. The Morgan fingerprint density at radius 2 is 2.09 bits per heavy atom. The van der Waals surface area contributed by atoms with Gasteiger partial charge in [0.15, 0.2) is 5.96 Å². The minimum atomic E-state index is -0.540. The Kier molecular flexibility index (Phi) is 8.04. The monoisotopic (exact) mass is 456 g/mol. The molecule has 1 unspecified atom stereocenters. The van der Waals surface area contributed by atoms with E-state index in [4.69, 9.17) is 11.6 Å². The maximum absolute atomic E-state index is 13.8. The highest BCUT2D eigenvalue weighted by atomic mass is 127. The van der Waals surface area contributed by atoms with Crippen LogP contribution in [0.2, 0.25) is 0 Å². The van der Waals surface area contributed by atoms with Gasteiger partial charge in [-0.2, -0.15) is 0 Å². The van der Waals surface area contributed by atoms with Crippen molar-refractivity contribution >= 4 is 47.2 Å². The highest BCUT2D eigenvalue weighted by Crippen LogP contribution is 2.26. The molecule has 0 bridgehead atoms. The van der Waals surface area contributed by atoms with Gasteiger partial charge in [-0.1, -0.05) is 24.2 Å². The molecule has 4 nitrogen and oxygen atoms in total. The van der Waals surface area contributed by atoms with Gasteiger partial charge in [-0.05, 0) is 18.6 Å². The molecule has 2 N–H and O–H groups in total. The van der Waals surface area contributed by atoms with Crippen molar-refractivity contribution in [1.82, 2.24) is 10.6 Å². The number of nitrogens with zero attached hydrogens (tertiary/aromatic N) is 2. The SMILES string of the molecule is C=C(Cl)CNC(=NC)NC1CCN(c2c(F)cccc2F)C1.I. The number of para-hydroxylation sites is 1. The number of rotatable bonds is 4. The number of hydrogen-bond donors (Lipinski definition) is 2. The molecule has 1 atom stereocenters. The third-order valence-corrected chi connectivity index (χ3v) is 3.59. The van der Waals surface area contributed by atoms with E-state index in [1.807, 2.05) is 0 Å². The molecule has 0 spiro atoms. The second kappa shape index (κ2) is 9.27. The van der Waals surface area contributed by atoms with Gasteiger partial charge >= 0.3 is 0 Å². The van der Waals surface area contributed by atoms with Crippen LogP contribution in [0.3, 0.4) is 0 Å². The van der Waals surface area contributed by atoms with Gasteiger partial charge in [-0.25, -0.2) is 8.78 Å². The van der Waals surface area contributed by atoms with Gasteiger partial charge in [-0.15, -0.1) is 24.0 Å². The lowest BCUT2D eigenvalue weighted by atomic mass is 10.2. The Morgan fingerprint density at radius 3 is 2.65 bits per heavy atom. The predicted molar refractivity (Wildman–Crippen MR) is 102 cm³/mol. The van der Waals surface area contributed by atoms with Crippen LogP contribution in [0.25, 0.3) is 0 Å². The van der Waals surface area contributed by atoms with Crippen molar-refractivity contribution in [2.45, 2.75) is 12.5 Å². The van der Waals surface area contributed by atoms with E-state index in [9.17, 15) is 8.78 Å². The van der Waals surface area contributed by atoms with Crippen molar-refractivity contribution in [2.75, 3.05) is 31.6 Å². The molecule has 128 valence electrons. The lowest BCUT2D eigenvalue weighted by Gasteiger charge is -2.21. The lowest BCUT2D eigenvalue weighted by Crippen LogP contribution is -2.45. The van der Waals surface area contributed by atoms with Gasteiger partial charge in [0.2, 0.25) is 0 Å². The summed E-state index contributed by atoms with van der Waals surface area (Å²) in [6.45, 7) is 5.07. The number of nitrogens with one attached hydrogen (secondary N) is 2. The smallest absolute Gasteiger partial charge is 0.191 e. The van der Waals surface area contributed by atoms with Crippen LogP contribution in [0.4, 0.5) is 14.5 Å². The number of hydrogen-bond acceptors (Lipinski definition) is 2. The Bertz CT molecular complexity index is 562. The molecule has 1 aromatic rings. The highest BCUT2D eigenvalue weighted by Gasteiger charge is 2.27. The van der Waals surface area contributed by atoms with Gasteiger partial charge < -0.3 is 15.5 Å². The number of anilines is 1. The zero-order chi connectivity index (χ0) is 16.1. The van der Waals surface area contributed by atoms with Crippen molar-refractivity contribution < 1.29 is 8.78 Å². The summed E-state index contributed by atoms with van der Waals surface area (Å²) >= 11 is 5.70. The number of guanidine groups is 1. The van der Waals surface area contributed by atoms with Crippen molar-refractivity contribution in [3.8, 4) is 0 Å². The van der Waals surface area contributed by atoms with E-state index in [1.165, 1.54) is 18.2 Å². The Balaban J connectivity index is 0.00000264. The minimum absolute atomic E-state index is 0. The molecule has 2 rings (SSSR count). The fraction of sp³-hybridized carbons (Fsp3) is 0.400. The standard InChI is InChI=1S/C15H19ClF2N4.HI/c1-10(16)8-20-15(19-2)21-11-6-7-22(9-11)14-12(17)4-3-5-13(14)18;/h3-5,11H,1,6-9H2,2H3,(H2,19,20,21);1H. The molecule has 1 aliphatic heterocycles. The third kappa shape index (κ3) is 5.49. The number of aliphatic imine (C=N–C) groups is 1. The molecule has 1 fully saturated rings. The van der Waals surface area contributed by atoms with E-state index in [1.54, 1.807) is 11.9 Å².